The number of anilines is 2. The first kappa shape index (κ1) is 14.0. The van der Waals surface area contributed by atoms with Crippen LogP contribution < -0.4 is 10.6 Å². The Kier molecular flexibility index (Phi) is 3.65. The molecule has 1 aliphatic carbocycles. The van der Waals surface area contributed by atoms with E-state index in [0.29, 0.717) is 5.56 Å². The molecule has 0 saturated heterocycles. The zero-order valence-electron chi connectivity index (χ0n) is 11.9. The summed E-state index contributed by atoms with van der Waals surface area (Å²) >= 11 is 1.52. The molecule has 0 unspecified atom stereocenters. The van der Waals surface area contributed by atoms with Crippen LogP contribution in [0.5, 0.6) is 0 Å². The lowest BCUT2D eigenvalue weighted by molar-refractivity contribution is 0.0787. The first-order valence-electron chi connectivity index (χ1n) is 6.73. The Balaban J connectivity index is 1.67. The normalized spacial score (nSPS) is 23.6. The topological polar surface area (TPSA) is 63.2 Å². The lowest BCUT2D eigenvalue weighted by Gasteiger charge is -2.11. The smallest absolute Gasteiger partial charge is 0.251 e. The number of nitrogens with zero attached hydrogens (tertiary/aromatic N) is 1. The molecule has 6 heteroatoms. The molecule has 0 bridgehead atoms. The van der Waals surface area contributed by atoms with Crippen LogP contribution >= 0.6 is 11.3 Å². The molecule has 0 spiro atoms. The molecule has 110 valence electrons. The molecule has 0 radical (unpaired) electrons. The Labute approximate surface area is 127 Å². The lowest BCUT2D eigenvalue weighted by Crippen LogP contribution is -2.31. The fraction of sp³-hybridized carbons (Fsp3) is 0.333. The van der Waals surface area contributed by atoms with Crippen molar-refractivity contribution in [3.63, 3.8) is 0 Å². The van der Waals surface area contributed by atoms with Gasteiger partial charge in [-0.1, -0.05) is 6.07 Å². The summed E-state index contributed by atoms with van der Waals surface area (Å²) in [6, 6.07) is 7.48. The van der Waals surface area contributed by atoms with Gasteiger partial charge in [-0.05, 0) is 25.1 Å². The maximum Gasteiger partial charge on any atom is 0.251 e. The van der Waals surface area contributed by atoms with Crippen molar-refractivity contribution in [3.05, 3.63) is 41.4 Å². The van der Waals surface area contributed by atoms with Crippen molar-refractivity contribution < 1.29 is 9.53 Å². The van der Waals surface area contributed by atoms with Gasteiger partial charge in [0.2, 0.25) is 0 Å². The standard InChI is InChI=1S/C15H17N3O2S/c1-15(20-2)9-12(15)18-13(19)10-4-3-5-11(8-10)17-14-16-6-7-21-14/h3-8,12H,9H2,1-2H3,(H,16,17)(H,18,19)/t12-,15+/m1/s1. The van der Waals surface area contributed by atoms with Gasteiger partial charge in [0, 0.05) is 36.4 Å². The maximum atomic E-state index is 12.2. The molecule has 1 aliphatic rings. The number of amides is 1. The number of benzene rings is 1. The zero-order valence-corrected chi connectivity index (χ0v) is 12.7. The summed E-state index contributed by atoms with van der Waals surface area (Å²) in [7, 11) is 1.67. The third-order valence-corrected chi connectivity index (χ3v) is 4.45. The number of aromatic nitrogens is 1. The van der Waals surface area contributed by atoms with Crippen LogP contribution in [0.4, 0.5) is 10.8 Å². The second kappa shape index (κ2) is 5.46. The van der Waals surface area contributed by atoms with Crippen molar-refractivity contribution in [2.45, 2.75) is 25.0 Å². The lowest BCUT2D eigenvalue weighted by atomic mass is 10.2. The Morgan fingerprint density at radius 3 is 3.05 bits per heavy atom. The van der Waals surface area contributed by atoms with Crippen LogP contribution in [0.15, 0.2) is 35.8 Å². The number of methoxy groups -OCH3 is 1. The monoisotopic (exact) mass is 303 g/mol. The van der Waals surface area contributed by atoms with Crippen LogP contribution in [0.1, 0.15) is 23.7 Å². The molecule has 1 aromatic carbocycles. The van der Waals surface area contributed by atoms with Gasteiger partial charge in [0.05, 0.1) is 11.6 Å². The number of nitrogens with one attached hydrogen (secondary N) is 2. The Morgan fingerprint density at radius 2 is 2.38 bits per heavy atom. The van der Waals surface area contributed by atoms with Gasteiger partial charge >= 0.3 is 0 Å². The van der Waals surface area contributed by atoms with Crippen molar-refractivity contribution >= 4 is 28.1 Å². The molecule has 1 amide bonds. The van der Waals surface area contributed by atoms with E-state index in [1.54, 1.807) is 19.4 Å². The van der Waals surface area contributed by atoms with Crippen molar-refractivity contribution in [1.82, 2.24) is 10.3 Å². The van der Waals surface area contributed by atoms with Crippen LogP contribution in [-0.4, -0.2) is 29.6 Å². The average Bonchev–Trinajstić information content (AvgIpc) is 2.88. The minimum atomic E-state index is -0.216. The number of ether oxygens (including phenoxy) is 1. The van der Waals surface area contributed by atoms with Crippen LogP contribution in [0.25, 0.3) is 0 Å². The summed E-state index contributed by atoms with van der Waals surface area (Å²) in [5.74, 6) is -0.0800. The molecule has 2 N–H and O–H groups in total. The SMILES string of the molecule is CO[C@@]1(C)C[C@H]1NC(=O)c1cccc(Nc2nccs2)c1. The summed E-state index contributed by atoms with van der Waals surface area (Å²) in [4.78, 5) is 16.4. The largest absolute Gasteiger partial charge is 0.376 e. The van der Waals surface area contributed by atoms with E-state index in [1.165, 1.54) is 11.3 Å². The van der Waals surface area contributed by atoms with E-state index in [2.05, 4.69) is 15.6 Å². The predicted molar refractivity (Wildman–Crippen MR) is 83.1 cm³/mol. The molecule has 0 aliphatic heterocycles. The first-order valence-corrected chi connectivity index (χ1v) is 7.61. The molecule has 21 heavy (non-hydrogen) atoms. The molecule has 2 atom stereocenters. The molecule has 1 fully saturated rings. The van der Waals surface area contributed by atoms with E-state index >= 15 is 0 Å². The van der Waals surface area contributed by atoms with E-state index in [-0.39, 0.29) is 17.6 Å². The van der Waals surface area contributed by atoms with E-state index in [9.17, 15) is 4.79 Å². The maximum absolute atomic E-state index is 12.2. The highest BCUT2D eigenvalue weighted by molar-refractivity contribution is 7.13. The van der Waals surface area contributed by atoms with Crippen LogP contribution in [0, 0.1) is 0 Å². The number of hydrogen-bond donors (Lipinski definition) is 2. The zero-order chi connectivity index (χ0) is 14.9. The van der Waals surface area contributed by atoms with Gasteiger partial charge in [-0.25, -0.2) is 4.98 Å². The average molecular weight is 303 g/mol. The molecule has 1 heterocycles. The van der Waals surface area contributed by atoms with E-state index in [4.69, 9.17) is 4.74 Å². The van der Waals surface area contributed by atoms with Crippen molar-refractivity contribution in [3.8, 4) is 0 Å². The van der Waals surface area contributed by atoms with Crippen molar-refractivity contribution in [1.29, 1.82) is 0 Å². The predicted octanol–water partition coefficient (Wildman–Crippen LogP) is 2.79. The number of carbonyl (C=O) groups excluding carboxylic acids is 1. The minimum Gasteiger partial charge on any atom is -0.376 e. The second-order valence-electron chi connectivity index (χ2n) is 5.29. The molecule has 1 saturated carbocycles. The minimum absolute atomic E-state index is 0.0800. The van der Waals surface area contributed by atoms with Gasteiger partial charge in [0.15, 0.2) is 5.13 Å². The van der Waals surface area contributed by atoms with Gasteiger partial charge in [0.25, 0.3) is 5.91 Å². The highest BCUT2D eigenvalue weighted by Gasteiger charge is 2.51. The molecule has 3 rings (SSSR count). The fourth-order valence-electron chi connectivity index (χ4n) is 2.16. The third-order valence-electron chi connectivity index (χ3n) is 3.77. The second-order valence-corrected chi connectivity index (χ2v) is 6.18. The Hall–Kier alpha value is -1.92. The summed E-state index contributed by atoms with van der Waals surface area (Å²) in [5, 5.41) is 8.88. The molecule has 5 nitrogen and oxygen atoms in total. The number of carbonyl (C=O) groups is 1. The Morgan fingerprint density at radius 1 is 1.52 bits per heavy atom. The molecule has 1 aromatic heterocycles. The molecule has 2 aromatic rings. The van der Waals surface area contributed by atoms with E-state index in [1.807, 2.05) is 30.5 Å². The summed E-state index contributed by atoms with van der Waals surface area (Å²) in [6.45, 7) is 2.00. The number of hydrogen-bond acceptors (Lipinski definition) is 5. The van der Waals surface area contributed by atoms with E-state index in [0.717, 1.165) is 17.2 Å². The van der Waals surface area contributed by atoms with Gasteiger partial charge in [-0.2, -0.15) is 0 Å². The summed E-state index contributed by atoms with van der Waals surface area (Å²) in [6.07, 6.45) is 2.59. The highest BCUT2D eigenvalue weighted by Crippen LogP contribution is 2.38. The van der Waals surface area contributed by atoms with Gasteiger partial charge in [-0.3, -0.25) is 4.79 Å². The quantitative estimate of drug-likeness (QED) is 0.891. The van der Waals surface area contributed by atoms with Gasteiger partial charge in [-0.15, -0.1) is 11.3 Å². The Bertz CT molecular complexity index is 644. The van der Waals surface area contributed by atoms with Gasteiger partial charge < -0.3 is 15.4 Å². The van der Waals surface area contributed by atoms with Crippen molar-refractivity contribution in [2.24, 2.45) is 0 Å². The number of rotatable bonds is 5. The third kappa shape index (κ3) is 3.06. The first-order chi connectivity index (χ1) is 10.1. The molecular weight excluding hydrogens is 286 g/mol. The highest BCUT2D eigenvalue weighted by atomic mass is 32.1. The number of thiazole rings is 1. The summed E-state index contributed by atoms with van der Waals surface area (Å²) < 4.78 is 5.36. The van der Waals surface area contributed by atoms with E-state index < -0.39 is 0 Å². The molecular formula is C15H17N3O2S. The van der Waals surface area contributed by atoms with Gasteiger partial charge in [0.1, 0.15) is 0 Å². The van der Waals surface area contributed by atoms with Crippen LogP contribution in [0.3, 0.4) is 0 Å². The van der Waals surface area contributed by atoms with Crippen LogP contribution in [-0.2, 0) is 4.74 Å². The summed E-state index contributed by atoms with van der Waals surface area (Å²) in [5.41, 5.74) is 1.26. The fourth-order valence-corrected chi connectivity index (χ4v) is 2.71. The van der Waals surface area contributed by atoms with Crippen LogP contribution in [0.2, 0.25) is 0 Å². The van der Waals surface area contributed by atoms with Crippen molar-refractivity contribution in [2.75, 3.05) is 12.4 Å².